The van der Waals surface area contributed by atoms with E-state index in [-0.39, 0.29) is 24.8 Å². The van der Waals surface area contributed by atoms with Crippen LogP contribution >= 0.6 is 0 Å². The van der Waals surface area contributed by atoms with Crippen LogP contribution in [0.25, 0.3) is 5.65 Å². The highest BCUT2D eigenvalue weighted by molar-refractivity contribution is 5.93. The number of rotatable bonds is 4. The molecule has 2 aromatic heterocycles. The van der Waals surface area contributed by atoms with Crippen LogP contribution in [-0.4, -0.2) is 20.5 Å². The monoisotopic (exact) mass is 327 g/mol. The lowest BCUT2D eigenvalue weighted by Crippen LogP contribution is -2.26. The molecule has 0 fully saturated rings. The summed E-state index contributed by atoms with van der Waals surface area (Å²) in [6.45, 7) is 4.00. The Bertz CT molecular complexity index is 919. The summed E-state index contributed by atoms with van der Waals surface area (Å²) in [7, 11) is 0. The van der Waals surface area contributed by atoms with Crippen molar-refractivity contribution >= 4 is 11.6 Å². The van der Waals surface area contributed by atoms with E-state index in [9.17, 15) is 9.18 Å². The third-order valence-electron chi connectivity index (χ3n) is 3.70. The van der Waals surface area contributed by atoms with Crippen LogP contribution in [0.4, 0.5) is 4.39 Å². The van der Waals surface area contributed by atoms with Crippen LogP contribution in [0.15, 0.2) is 30.3 Å². The van der Waals surface area contributed by atoms with Crippen molar-refractivity contribution < 1.29 is 9.18 Å². The van der Waals surface area contributed by atoms with Crippen LogP contribution in [0.1, 0.15) is 33.0 Å². The quantitative estimate of drug-likeness (QED) is 0.766. The van der Waals surface area contributed by atoms with E-state index in [4.69, 9.17) is 5.73 Å². The van der Waals surface area contributed by atoms with Gasteiger partial charge in [0.2, 0.25) is 0 Å². The van der Waals surface area contributed by atoms with Crippen LogP contribution in [0.2, 0.25) is 0 Å². The maximum atomic E-state index is 14.0. The lowest BCUT2D eigenvalue weighted by molar-refractivity contribution is 0.0943. The van der Waals surface area contributed by atoms with Crippen molar-refractivity contribution in [1.82, 2.24) is 19.9 Å². The third kappa shape index (κ3) is 3.11. The Morgan fingerprint density at radius 1 is 1.25 bits per heavy atom. The Kier molecular flexibility index (Phi) is 4.26. The molecule has 2 heterocycles. The van der Waals surface area contributed by atoms with Gasteiger partial charge in [0.15, 0.2) is 5.65 Å². The summed E-state index contributed by atoms with van der Waals surface area (Å²) in [4.78, 5) is 16.8. The zero-order valence-corrected chi connectivity index (χ0v) is 13.5. The maximum Gasteiger partial charge on any atom is 0.270 e. The normalized spacial score (nSPS) is 11.0. The molecule has 0 saturated carbocycles. The Balaban J connectivity index is 1.83. The van der Waals surface area contributed by atoms with Gasteiger partial charge in [-0.05, 0) is 31.5 Å². The fraction of sp³-hybridized carbons (Fsp3) is 0.235. The van der Waals surface area contributed by atoms with Gasteiger partial charge in [0.25, 0.3) is 5.91 Å². The molecule has 1 amide bonds. The number of nitrogens with one attached hydrogen (secondary N) is 1. The van der Waals surface area contributed by atoms with Gasteiger partial charge in [-0.1, -0.05) is 12.1 Å². The van der Waals surface area contributed by atoms with E-state index in [0.29, 0.717) is 28.2 Å². The molecule has 0 aliphatic carbocycles. The van der Waals surface area contributed by atoms with Gasteiger partial charge >= 0.3 is 0 Å². The fourth-order valence-electron chi connectivity index (χ4n) is 2.50. The largest absolute Gasteiger partial charge is 0.347 e. The second kappa shape index (κ2) is 6.37. The molecule has 0 aliphatic heterocycles. The van der Waals surface area contributed by atoms with Crippen molar-refractivity contribution in [3.8, 4) is 0 Å². The minimum atomic E-state index is -0.385. The van der Waals surface area contributed by atoms with E-state index in [0.717, 1.165) is 5.69 Å². The van der Waals surface area contributed by atoms with E-state index >= 15 is 0 Å². The fourth-order valence-corrected chi connectivity index (χ4v) is 2.50. The van der Waals surface area contributed by atoms with E-state index in [1.54, 1.807) is 24.3 Å². The molecule has 124 valence electrons. The molecule has 24 heavy (non-hydrogen) atoms. The van der Waals surface area contributed by atoms with Gasteiger partial charge in [-0.2, -0.15) is 5.10 Å². The van der Waals surface area contributed by atoms with Gasteiger partial charge in [-0.3, -0.25) is 4.79 Å². The number of aryl methyl sites for hydroxylation is 2. The summed E-state index contributed by atoms with van der Waals surface area (Å²) in [6.07, 6.45) is 0. The summed E-state index contributed by atoms with van der Waals surface area (Å²) in [5.74, 6) is -0.722. The molecule has 3 N–H and O–H groups in total. The highest BCUT2D eigenvalue weighted by atomic mass is 19.1. The number of nitrogens with two attached hydrogens (primary N) is 1. The number of halogens is 1. The van der Waals surface area contributed by atoms with Crippen molar-refractivity contribution in [2.24, 2.45) is 5.73 Å². The summed E-state index contributed by atoms with van der Waals surface area (Å²) in [6, 6.07) is 8.21. The number of aromatic nitrogens is 3. The molecule has 0 atom stereocenters. The number of carbonyl (C=O) groups excluding carboxylic acids is 1. The first-order valence-electron chi connectivity index (χ1n) is 7.57. The molecule has 0 bridgehead atoms. The molecular formula is C17H18FN5O. The highest BCUT2D eigenvalue weighted by Crippen LogP contribution is 2.12. The molecule has 3 rings (SSSR count). The summed E-state index contributed by atoms with van der Waals surface area (Å²) < 4.78 is 15.5. The van der Waals surface area contributed by atoms with E-state index < -0.39 is 0 Å². The predicted octanol–water partition coefficient (Wildman–Crippen LogP) is 1.87. The van der Waals surface area contributed by atoms with Gasteiger partial charge in [-0.25, -0.2) is 13.9 Å². The Morgan fingerprint density at radius 3 is 2.75 bits per heavy atom. The first-order valence-corrected chi connectivity index (χ1v) is 7.57. The standard InChI is InChI=1S/C17H18FN5O/c1-10-5-15(23-16(21-10)6-11(2)22-23)17(24)20-9-13-4-3-12(8-19)7-14(13)18/h3-7H,8-9,19H2,1-2H3,(H,20,24). The molecule has 6 nitrogen and oxygen atoms in total. The topological polar surface area (TPSA) is 85.3 Å². The molecule has 0 aliphatic rings. The zero-order valence-electron chi connectivity index (χ0n) is 13.5. The van der Waals surface area contributed by atoms with Gasteiger partial charge < -0.3 is 11.1 Å². The summed E-state index contributed by atoms with van der Waals surface area (Å²) in [5.41, 5.74) is 9.05. The molecule has 3 aromatic rings. The predicted molar refractivity (Wildman–Crippen MR) is 87.9 cm³/mol. The lowest BCUT2D eigenvalue weighted by Gasteiger charge is -2.09. The average Bonchev–Trinajstić information content (AvgIpc) is 2.92. The first-order chi connectivity index (χ1) is 11.5. The second-order valence-electron chi connectivity index (χ2n) is 5.65. The van der Waals surface area contributed by atoms with Gasteiger partial charge in [0.05, 0.1) is 5.69 Å². The molecule has 0 unspecified atom stereocenters. The number of carbonyl (C=O) groups is 1. The number of nitrogens with zero attached hydrogens (tertiary/aromatic N) is 3. The molecule has 0 spiro atoms. The molecule has 0 saturated heterocycles. The molecule has 7 heteroatoms. The lowest BCUT2D eigenvalue weighted by atomic mass is 10.1. The number of hydrogen-bond acceptors (Lipinski definition) is 4. The van der Waals surface area contributed by atoms with E-state index in [1.165, 1.54) is 10.6 Å². The van der Waals surface area contributed by atoms with Crippen molar-refractivity contribution in [1.29, 1.82) is 0 Å². The van der Waals surface area contributed by atoms with Crippen LogP contribution in [0.3, 0.4) is 0 Å². The van der Waals surface area contributed by atoms with Gasteiger partial charge in [-0.15, -0.1) is 0 Å². The average molecular weight is 327 g/mol. The summed E-state index contributed by atoms with van der Waals surface area (Å²) in [5, 5.41) is 7.00. The number of amides is 1. The number of fused-ring (bicyclic) bond motifs is 1. The second-order valence-corrected chi connectivity index (χ2v) is 5.65. The van der Waals surface area contributed by atoms with Gasteiger partial charge in [0, 0.05) is 30.4 Å². The van der Waals surface area contributed by atoms with Crippen LogP contribution in [0, 0.1) is 19.7 Å². The Morgan fingerprint density at radius 2 is 2.04 bits per heavy atom. The van der Waals surface area contributed by atoms with Crippen molar-refractivity contribution in [3.05, 3.63) is 64.4 Å². The first kappa shape index (κ1) is 16.1. The minimum Gasteiger partial charge on any atom is -0.347 e. The van der Waals surface area contributed by atoms with Crippen LogP contribution < -0.4 is 11.1 Å². The molecule has 0 radical (unpaired) electrons. The smallest absolute Gasteiger partial charge is 0.270 e. The van der Waals surface area contributed by atoms with Gasteiger partial charge in [0.1, 0.15) is 11.5 Å². The molecular weight excluding hydrogens is 309 g/mol. The number of hydrogen-bond donors (Lipinski definition) is 2. The van der Waals surface area contributed by atoms with Crippen molar-refractivity contribution in [3.63, 3.8) is 0 Å². The maximum absolute atomic E-state index is 14.0. The van der Waals surface area contributed by atoms with E-state index in [2.05, 4.69) is 15.4 Å². The third-order valence-corrected chi connectivity index (χ3v) is 3.70. The number of benzene rings is 1. The van der Waals surface area contributed by atoms with Crippen molar-refractivity contribution in [2.45, 2.75) is 26.9 Å². The highest BCUT2D eigenvalue weighted by Gasteiger charge is 2.14. The summed E-state index contributed by atoms with van der Waals surface area (Å²) >= 11 is 0. The minimum absolute atomic E-state index is 0.0820. The van der Waals surface area contributed by atoms with Crippen LogP contribution in [-0.2, 0) is 13.1 Å². The zero-order chi connectivity index (χ0) is 17.3. The Hall–Kier alpha value is -2.80. The Labute approximate surface area is 138 Å². The SMILES string of the molecule is Cc1cc(C(=O)NCc2ccc(CN)cc2F)n2nc(C)cc2n1. The molecule has 1 aromatic carbocycles. The van der Waals surface area contributed by atoms with Crippen LogP contribution in [0.5, 0.6) is 0 Å². The van der Waals surface area contributed by atoms with E-state index in [1.807, 2.05) is 13.8 Å². The van der Waals surface area contributed by atoms with Crippen molar-refractivity contribution in [2.75, 3.05) is 0 Å².